The summed E-state index contributed by atoms with van der Waals surface area (Å²) in [5.41, 5.74) is 5.60. The summed E-state index contributed by atoms with van der Waals surface area (Å²) in [6, 6.07) is 17.2. The number of piperazine rings is 1. The fourth-order valence-corrected chi connectivity index (χ4v) is 7.45. The van der Waals surface area contributed by atoms with E-state index in [-0.39, 0.29) is 18.4 Å². The van der Waals surface area contributed by atoms with Crippen molar-refractivity contribution in [1.29, 1.82) is 10.5 Å². The van der Waals surface area contributed by atoms with E-state index in [0.717, 1.165) is 56.0 Å². The molecule has 10 nitrogen and oxygen atoms in total. The minimum Gasteiger partial charge on any atom is -0.475 e. The molecule has 3 aromatic rings. The summed E-state index contributed by atoms with van der Waals surface area (Å²) >= 11 is 0. The number of pyridine rings is 1. The number of benzene rings is 2. The summed E-state index contributed by atoms with van der Waals surface area (Å²) in [6.45, 7) is 11.6. The van der Waals surface area contributed by atoms with Crippen LogP contribution >= 0.6 is 0 Å². The van der Waals surface area contributed by atoms with Gasteiger partial charge in [-0.2, -0.15) is 10.5 Å². The topological polar surface area (TPSA) is 109 Å². The van der Waals surface area contributed by atoms with Crippen molar-refractivity contribution in [2.24, 2.45) is 0 Å². The Morgan fingerprint density at radius 3 is 2.60 bits per heavy atom. The normalized spacial score (nSPS) is 18.8. The number of rotatable bonds is 9. The Morgan fingerprint density at radius 2 is 1.87 bits per heavy atom. The SMILES string of the molecule is C=CC(=O)N1CCN(c2c(C#N)c(OCCN3CCC(OC)CC3)nc3c2CCN(c2cccc4cccc(C)c24)C3)C[C@@H]1CC#N. The zero-order valence-electron chi connectivity index (χ0n) is 27.5. The van der Waals surface area contributed by atoms with Gasteiger partial charge < -0.3 is 24.2 Å². The fourth-order valence-electron chi connectivity index (χ4n) is 7.45. The standard InChI is InChI=1S/C37H43N7O3/c1-4-34(45)44-20-19-43(24-28(44)11-15-38)36-30-14-18-42(33-10-6-9-27-8-5-7-26(2)35(27)33)25-32(30)40-37(31(36)23-39)47-22-21-41-16-12-29(46-3)13-17-41/h4-10,28-29H,1,11-14,16-22,24-25H2,2-3H3/t28-/m0/s1. The monoisotopic (exact) mass is 633 g/mol. The number of methoxy groups -OCH3 is 1. The van der Waals surface area contributed by atoms with Crippen LogP contribution in [0.25, 0.3) is 10.8 Å². The number of anilines is 2. The average Bonchev–Trinajstić information content (AvgIpc) is 3.10. The number of carbonyl (C=O) groups is 1. The molecule has 10 heteroatoms. The van der Waals surface area contributed by atoms with E-state index in [9.17, 15) is 15.3 Å². The summed E-state index contributed by atoms with van der Waals surface area (Å²) in [5, 5.41) is 22.7. The van der Waals surface area contributed by atoms with Crippen LogP contribution in [0.2, 0.25) is 0 Å². The molecule has 2 fully saturated rings. The molecule has 0 aliphatic carbocycles. The highest BCUT2D eigenvalue weighted by Crippen LogP contribution is 2.40. The van der Waals surface area contributed by atoms with Crippen molar-refractivity contribution in [3.63, 3.8) is 0 Å². The van der Waals surface area contributed by atoms with Crippen LogP contribution in [0.1, 0.15) is 41.6 Å². The van der Waals surface area contributed by atoms with Crippen LogP contribution < -0.4 is 14.5 Å². The summed E-state index contributed by atoms with van der Waals surface area (Å²) in [5.74, 6) is 0.173. The van der Waals surface area contributed by atoms with Crippen molar-refractivity contribution < 1.29 is 14.3 Å². The van der Waals surface area contributed by atoms with Crippen LogP contribution in [0.3, 0.4) is 0 Å². The van der Waals surface area contributed by atoms with Gasteiger partial charge in [0.15, 0.2) is 0 Å². The number of aryl methyl sites for hydroxylation is 1. The number of likely N-dealkylation sites (tertiary alicyclic amines) is 1. The van der Waals surface area contributed by atoms with E-state index >= 15 is 0 Å². The Labute approximate surface area is 277 Å². The first kappa shape index (κ1) is 32.3. The molecule has 244 valence electrons. The first-order valence-electron chi connectivity index (χ1n) is 16.6. The fraction of sp³-hybridized carbons (Fsp3) is 0.459. The maximum Gasteiger partial charge on any atom is 0.246 e. The zero-order valence-corrected chi connectivity index (χ0v) is 27.5. The molecular formula is C37H43N7O3. The summed E-state index contributed by atoms with van der Waals surface area (Å²) in [6.07, 6.45) is 4.51. The molecule has 47 heavy (non-hydrogen) atoms. The average molecular weight is 634 g/mol. The first-order chi connectivity index (χ1) is 22.9. The lowest BCUT2D eigenvalue weighted by atomic mass is 9.95. The van der Waals surface area contributed by atoms with E-state index in [4.69, 9.17) is 14.5 Å². The van der Waals surface area contributed by atoms with E-state index in [1.54, 1.807) is 12.0 Å². The number of amides is 1. The molecule has 4 heterocycles. The zero-order chi connectivity index (χ0) is 32.9. The first-order valence-corrected chi connectivity index (χ1v) is 16.6. The lowest BCUT2D eigenvalue weighted by molar-refractivity contribution is -0.128. The number of nitrogens with zero attached hydrogens (tertiary/aromatic N) is 7. The van der Waals surface area contributed by atoms with Crippen molar-refractivity contribution in [2.45, 2.75) is 51.3 Å². The van der Waals surface area contributed by atoms with Gasteiger partial charge >= 0.3 is 0 Å². The molecule has 0 spiro atoms. The van der Waals surface area contributed by atoms with Gasteiger partial charge in [0.25, 0.3) is 0 Å². The number of ether oxygens (including phenoxy) is 2. The predicted molar refractivity (Wildman–Crippen MR) is 182 cm³/mol. The van der Waals surface area contributed by atoms with E-state index in [2.05, 4.69) is 76.7 Å². The largest absolute Gasteiger partial charge is 0.475 e. The molecule has 0 unspecified atom stereocenters. The number of hydrogen-bond donors (Lipinski definition) is 0. The highest BCUT2D eigenvalue weighted by Gasteiger charge is 2.35. The van der Waals surface area contributed by atoms with Crippen molar-refractivity contribution in [1.82, 2.24) is 14.8 Å². The predicted octanol–water partition coefficient (Wildman–Crippen LogP) is 4.58. The Kier molecular flexibility index (Phi) is 9.91. The third kappa shape index (κ3) is 6.62. The quantitative estimate of drug-likeness (QED) is 0.313. The molecule has 0 N–H and O–H groups in total. The summed E-state index contributed by atoms with van der Waals surface area (Å²) in [7, 11) is 1.77. The molecule has 1 aromatic heterocycles. The molecule has 6 rings (SSSR count). The molecule has 1 atom stereocenters. The van der Waals surface area contributed by atoms with Gasteiger partial charge in [-0.3, -0.25) is 9.69 Å². The molecule has 3 aliphatic rings. The van der Waals surface area contributed by atoms with Crippen LogP contribution in [0.5, 0.6) is 5.88 Å². The Bertz CT molecular complexity index is 1710. The lowest BCUT2D eigenvalue weighted by Gasteiger charge is -2.43. The van der Waals surface area contributed by atoms with Crippen LogP contribution in [0.15, 0.2) is 49.1 Å². The van der Waals surface area contributed by atoms with Gasteiger partial charge in [-0.25, -0.2) is 4.98 Å². The second-order valence-corrected chi connectivity index (χ2v) is 12.6. The van der Waals surface area contributed by atoms with E-state index in [1.165, 1.54) is 28.1 Å². The van der Waals surface area contributed by atoms with Gasteiger partial charge in [0, 0.05) is 69.6 Å². The second-order valence-electron chi connectivity index (χ2n) is 12.6. The number of fused-ring (bicyclic) bond motifs is 2. The summed E-state index contributed by atoms with van der Waals surface area (Å²) in [4.78, 5) is 26.4. The molecule has 1 amide bonds. The molecular weight excluding hydrogens is 590 g/mol. The van der Waals surface area contributed by atoms with Crippen molar-refractivity contribution in [3.05, 3.63) is 71.4 Å². The number of nitriles is 2. The molecule has 0 bridgehead atoms. The van der Waals surface area contributed by atoms with Gasteiger partial charge in [0.05, 0.1) is 42.6 Å². The minimum absolute atomic E-state index is 0.179. The maximum absolute atomic E-state index is 12.7. The highest BCUT2D eigenvalue weighted by molar-refractivity contribution is 5.97. The van der Waals surface area contributed by atoms with Gasteiger partial charge in [-0.15, -0.1) is 0 Å². The molecule has 0 radical (unpaired) electrons. The van der Waals surface area contributed by atoms with Gasteiger partial charge in [0.1, 0.15) is 18.2 Å². The van der Waals surface area contributed by atoms with E-state index in [1.807, 2.05) is 0 Å². The van der Waals surface area contributed by atoms with E-state index < -0.39 is 0 Å². The Hall–Kier alpha value is -4.64. The molecule has 2 aromatic carbocycles. The Balaban J connectivity index is 1.34. The van der Waals surface area contributed by atoms with Crippen molar-refractivity contribution in [2.75, 3.05) is 69.3 Å². The van der Waals surface area contributed by atoms with Crippen LogP contribution in [-0.4, -0.2) is 92.4 Å². The minimum atomic E-state index is -0.312. The van der Waals surface area contributed by atoms with Crippen molar-refractivity contribution in [3.8, 4) is 18.0 Å². The molecule has 2 saturated heterocycles. The molecule has 3 aliphatic heterocycles. The number of aromatic nitrogens is 1. The maximum atomic E-state index is 12.7. The number of piperidine rings is 1. The third-order valence-corrected chi connectivity index (χ3v) is 9.94. The van der Waals surface area contributed by atoms with Crippen LogP contribution in [0, 0.1) is 29.6 Å². The smallest absolute Gasteiger partial charge is 0.246 e. The Morgan fingerprint density at radius 1 is 1.09 bits per heavy atom. The lowest BCUT2D eigenvalue weighted by Crippen LogP contribution is -2.55. The molecule has 0 saturated carbocycles. The number of hydrogen-bond acceptors (Lipinski definition) is 9. The van der Waals surface area contributed by atoms with Crippen molar-refractivity contribution >= 4 is 28.1 Å². The highest BCUT2D eigenvalue weighted by atomic mass is 16.5. The third-order valence-electron chi connectivity index (χ3n) is 9.94. The van der Waals surface area contributed by atoms with E-state index in [0.29, 0.717) is 56.8 Å². The van der Waals surface area contributed by atoms with Gasteiger partial charge in [0.2, 0.25) is 11.8 Å². The van der Waals surface area contributed by atoms with Gasteiger partial charge in [-0.05, 0) is 49.3 Å². The number of carbonyl (C=O) groups excluding carboxylic acids is 1. The van der Waals surface area contributed by atoms with Crippen LogP contribution in [-0.2, 0) is 22.5 Å². The van der Waals surface area contributed by atoms with Crippen LogP contribution in [0.4, 0.5) is 11.4 Å². The second kappa shape index (κ2) is 14.4. The van der Waals surface area contributed by atoms with Gasteiger partial charge in [-0.1, -0.05) is 36.9 Å². The summed E-state index contributed by atoms with van der Waals surface area (Å²) < 4.78 is 11.9.